The number of carbonyl (C=O) groups is 9. The smallest absolute Gasteiger partial charge is 0.326 e. The van der Waals surface area contributed by atoms with Gasteiger partial charge in [0.05, 0.1) is 15.8 Å². The highest BCUT2D eigenvalue weighted by molar-refractivity contribution is 7.86. The highest BCUT2D eigenvalue weighted by Crippen LogP contribution is 2.27. The quantitative estimate of drug-likeness (QED) is 0.0501. The second-order valence-corrected chi connectivity index (χ2v) is 26.2. The minimum Gasteiger partial charge on any atom is -0.480 e. The Kier molecular flexibility index (Phi) is 25.8. The number of benzene rings is 2. The first-order valence-electron chi connectivity index (χ1n) is 28.7. The third-order valence-electron chi connectivity index (χ3n) is 15.5. The van der Waals surface area contributed by atoms with E-state index in [0.29, 0.717) is 25.7 Å². The number of nitrogens with zero attached hydrogens (tertiary/aromatic N) is 2. The van der Waals surface area contributed by atoms with E-state index in [1.54, 1.807) is 34.6 Å². The molecule has 2 fully saturated rings. The molecule has 2 aromatic rings. The van der Waals surface area contributed by atoms with Crippen molar-refractivity contribution in [2.24, 2.45) is 35.3 Å². The highest BCUT2D eigenvalue weighted by Gasteiger charge is 2.45. The van der Waals surface area contributed by atoms with Gasteiger partial charge in [-0.15, -0.1) is 0 Å². The topological polar surface area (TPSA) is 387 Å². The van der Waals surface area contributed by atoms with E-state index in [4.69, 9.17) is 5.73 Å². The van der Waals surface area contributed by atoms with Gasteiger partial charge >= 0.3 is 5.97 Å². The van der Waals surface area contributed by atoms with E-state index in [0.717, 1.165) is 24.3 Å². The minimum atomic E-state index is -4.65. The van der Waals surface area contributed by atoms with Crippen LogP contribution in [0.1, 0.15) is 132 Å². The van der Waals surface area contributed by atoms with Crippen molar-refractivity contribution in [3.63, 3.8) is 0 Å². The zero-order chi connectivity index (χ0) is 63.1. The van der Waals surface area contributed by atoms with Gasteiger partial charge in [-0.1, -0.05) is 106 Å². The molecule has 0 saturated carbocycles. The summed E-state index contributed by atoms with van der Waals surface area (Å²) in [7, 11) is -9.27. The van der Waals surface area contributed by atoms with Crippen LogP contribution in [0, 0.1) is 29.6 Å². The Balaban J connectivity index is 1.62. The van der Waals surface area contributed by atoms with Gasteiger partial charge in [-0.25, -0.2) is 4.79 Å². The number of aliphatic carboxylic acids is 1. The summed E-state index contributed by atoms with van der Waals surface area (Å²) >= 11 is 0. The average molecular weight is 1220 g/mol. The summed E-state index contributed by atoms with van der Waals surface area (Å²) in [6, 6.07) is -1.67. The molecule has 0 aliphatic carbocycles. The van der Waals surface area contributed by atoms with Gasteiger partial charge in [0.25, 0.3) is 20.2 Å². The van der Waals surface area contributed by atoms with Gasteiger partial charge in [0, 0.05) is 25.9 Å². The van der Waals surface area contributed by atoms with Crippen LogP contribution in [0.4, 0.5) is 0 Å². The lowest BCUT2D eigenvalue weighted by Gasteiger charge is -2.35. The first-order valence-corrected chi connectivity index (χ1v) is 31.6. The standard InChI is InChI=1S/C57H87N9O16S2/c1-11-34(9)46(58)53(71)64-48(35(10)12-2)54(72)61-40(27-31(3)4)51(69)63-47(33(7)8)56(74)66-26-14-16-45(66)55(73)65-25-13-15-44(65)52(70)60-42(30-37-19-23-39(24-20-37)84(80,81)82)49(67)59-41(50(68)62-43(57(75)76)28-32(5)6)29-36-17-21-38(22-18-36)83(77,78)79/h17-24,31-35,40-48H,11-16,25-30,58H2,1-10H3,(H,59,67)(H,60,70)(H,61,72)(H,62,68)(H,63,69)(H,64,71)(H,75,76)(H,77,78,79)(H,80,81,82)/t34-,35-,40-,41-,42-,43-,44-,45-,46-,47-,48-/m0/s1. The first kappa shape index (κ1) is 69.9. The van der Waals surface area contributed by atoms with Crippen LogP contribution in [0.2, 0.25) is 0 Å². The third-order valence-corrected chi connectivity index (χ3v) is 17.2. The van der Waals surface area contributed by atoms with E-state index >= 15 is 0 Å². The van der Waals surface area contributed by atoms with Gasteiger partial charge in [0.15, 0.2) is 0 Å². The predicted molar refractivity (Wildman–Crippen MR) is 309 cm³/mol. The first-order chi connectivity index (χ1) is 39.2. The normalized spacial score (nSPS) is 18.8. The molecule has 11 atom stereocenters. The Morgan fingerprint density at radius 1 is 0.536 bits per heavy atom. The van der Waals surface area contributed by atoms with Crippen molar-refractivity contribution < 1.29 is 74.2 Å². The zero-order valence-corrected chi connectivity index (χ0v) is 51.3. The molecule has 2 saturated heterocycles. The number of rotatable bonds is 30. The van der Waals surface area contributed by atoms with Gasteiger partial charge in [0.1, 0.15) is 48.3 Å². The fraction of sp³-hybridized carbons (Fsp3) is 0.632. The monoisotopic (exact) mass is 1220 g/mol. The number of hydrogen-bond donors (Lipinski definition) is 10. The number of hydrogen-bond acceptors (Lipinski definition) is 14. The van der Waals surface area contributed by atoms with Gasteiger partial charge in [-0.05, 0) is 104 Å². The second kappa shape index (κ2) is 31.0. The molecule has 8 amide bonds. The van der Waals surface area contributed by atoms with Crippen LogP contribution in [0.25, 0.3) is 0 Å². The summed E-state index contributed by atoms with van der Waals surface area (Å²) < 4.78 is 66.6. The van der Waals surface area contributed by atoms with E-state index in [1.807, 2.05) is 34.6 Å². The molecule has 2 heterocycles. The molecule has 468 valence electrons. The molecule has 2 aromatic carbocycles. The molecule has 0 radical (unpaired) electrons. The van der Waals surface area contributed by atoms with Crippen molar-refractivity contribution in [1.29, 1.82) is 0 Å². The summed E-state index contributed by atoms with van der Waals surface area (Å²) in [6.07, 6.45) is 1.66. The Labute approximate surface area is 493 Å². The molecule has 4 rings (SSSR count). The van der Waals surface area contributed by atoms with Crippen molar-refractivity contribution in [3.8, 4) is 0 Å². The van der Waals surface area contributed by atoms with Gasteiger partial charge in [-0.3, -0.25) is 47.5 Å². The molecule has 0 spiro atoms. The lowest BCUT2D eigenvalue weighted by molar-refractivity contribution is -0.148. The minimum absolute atomic E-state index is 0.000340. The number of amides is 8. The van der Waals surface area contributed by atoms with E-state index in [2.05, 4.69) is 31.9 Å². The van der Waals surface area contributed by atoms with Crippen molar-refractivity contribution >= 4 is 73.5 Å². The van der Waals surface area contributed by atoms with Crippen LogP contribution in [-0.4, -0.2) is 162 Å². The van der Waals surface area contributed by atoms with Crippen LogP contribution in [0.15, 0.2) is 58.3 Å². The lowest BCUT2D eigenvalue weighted by atomic mass is 9.94. The Morgan fingerprint density at radius 2 is 0.952 bits per heavy atom. The summed E-state index contributed by atoms with van der Waals surface area (Å²) in [5.41, 5.74) is 6.73. The number of carbonyl (C=O) groups excluding carboxylic acids is 8. The van der Waals surface area contributed by atoms with Gasteiger partial charge in [-0.2, -0.15) is 16.8 Å². The molecular formula is C57H87N9O16S2. The number of nitrogens with one attached hydrogen (secondary N) is 6. The predicted octanol–water partition coefficient (Wildman–Crippen LogP) is 2.11. The third kappa shape index (κ3) is 19.8. The van der Waals surface area contributed by atoms with Crippen molar-refractivity contribution in [2.75, 3.05) is 13.1 Å². The number of nitrogens with two attached hydrogens (primary N) is 1. The molecule has 0 aromatic heterocycles. The van der Waals surface area contributed by atoms with Crippen LogP contribution in [0.3, 0.4) is 0 Å². The molecular weight excluding hydrogens is 1130 g/mol. The van der Waals surface area contributed by atoms with Gasteiger partial charge in [0.2, 0.25) is 47.3 Å². The maximum Gasteiger partial charge on any atom is 0.326 e. The summed E-state index contributed by atoms with van der Waals surface area (Å²) in [5, 5.41) is 26.2. The molecule has 27 heteroatoms. The SMILES string of the molecule is CC[C@H](C)[C@H](N)C(=O)N[C@H](C(=O)N[C@@H](CC(C)C)C(=O)N[C@H](C(=O)N1CCC[C@H]1C(=O)N1CCC[C@H]1C(=O)N[C@@H](Cc1ccc(S(=O)(=O)O)cc1)C(=O)N[C@@H](Cc1ccc(S(=O)(=O)O)cc1)C(=O)N[C@@H](CC(C)C)C(=O)O)C(C)C)[C@@H](C)CC. The maximum atomic E-state index is 14.8. The fourth-order valence-electron chi connectivity index (χ4n) is 10.1. The molecule has 0 unspecified atom stereocenters. The lowest BCUT2D eigenvalue weighted by Crippen LogP contribution is -2.61. The van der Waals surface area contributed by atoms with Crippen molar-refractivity contribution in [3.05, 3.63) is 59.7 Å². The molecule has 0 bridgehead atoms. The van der Waals surface area contributed by atoms with Crippen LogP contribution >= 0.6 is 0 Å². The van der Waals surface area contributed by atoms with Crippen LogP contribution < -0.4 is 37.6 Å². The number of likely N-dealkylation sites (tertiary alicyclic amines) is 2. The summed E-state index contributed by atoms with van der Waals surface area (Å²) in [4.78, 5) is 128. The molecule has 84 heavy (non-hydrogen) atoms. The van der Waals surface area contributed by atoms with E-state index < -0.39 is 144 Å². The summed E-state index contributed by atoms with van der Waals surface area (Å²) in [6.45, 7) is 18.2. The Hall–Kier alpha value is -6.55. The fourth-order valence-corrected chi connectivity index (χ4v) is 11.1. The van der Waals surface area contributed by atoms with Crippen LogP contribution in [0.5, 0.6) is 0 Å². The molecule has 2 aliphatic heterocycles. The van der Waals surface area contributed by atoms with Crippen molar-refractivity contribution in [1.82, 2.24) is 41.7 Å². The van der Waals surface area contributed by atoms with E-state index in [9.17, 15) is 74.2 Å². The average Bonchev–Trinajstić information content (AvgIpc) is 3.37. The number of carboxylic acid groups (broad SMARTS) is 1. The van der Waals surface area contributed by atoms with Crippen molar-refractivity contribution in [2.45, 2.75) is 198 Å². The largest absolute Gasteiger partial charge is 0.480 e. The molecule has 11 N–H and O–H groups in total. The Morgan fingerprint density at radius 3 is 1.40 bits per heavy atom. The second-order valence-electron chi connectivity index (χ2n) is 23.4. The zero-order valence-electron chi connectivity index (χ0n) is 49.6. The van der Waals surface area contributed by atoms with Crippen LogP contribution in [-0.2, 0) is 76.2 Å². The Bertz CT molecular complexity index is 2890. The molecule has 2 aliphatic rings. The van der Waals surface area contributed by atoms with E-state index in [1.165, 1.54) is 34.1 Å². The number of carboxylic acids is 1. The molecule has 25 nitrogen and oxygen atoms in total. The highest BCUT2D eigenvalue weighted by atomic mass is 32.2. The summed E-state index contributed by atoms with van der Waals surface area (Å²) in [5.74, 6) is -8.34. The van der Waals surface area contributed by atoms with Gasteiger partial charge < -0.3 is 52.5 Å². The maximum absolute atomic E-state index is 14.8. The van der Waals surface area contributed by atoms with E-state index in [-0.39, 0.29) is 86.4 Å².